The maximum Gasteiger partial charge on any atom is 0.0514 e. The van der Waals surface area contributed by atoms with Gasteiger partial charge in [-0.2, -0.15) is 0 Å². The molecule has 2 heteroatoms. The zero-order valence-corrected chi connectivity index (χ0v) is 10.9. The van der Waals surface area contributed by atoms with Gasteiger partial charge < -0.3 is 10.1 Å². The van der Waals surface area contributed by atoms with Crippen LogP contribution in [0.4, 0.5) is 5.69 Å². The van der Waals surface area contributed by atoms with E-state index < -0.39 is 0 Å². The van der Waals surface area contributed by atoms with Gasteiger partial charge >= 0.3 is 0 Å². The lowest BCUT2D eigenvalue weighted by Crippen LogP contribution is -2.26. The van der Waals surface area contributed by atoms with Crippen molar-refractivity contribution in [1.29, 1.82) is 0 Å². The van der Waals surface area contributed by atoms with Gasteiger partial charge in [-0.15, -0.1) is 0 Å². The molecule has 0 amide bonds. The van der Waals surface area contributed by atoms with E-state index >= 15 is 0 Å². The number of anilines is 1. The van der Waals surface area contributed by atoms with Crippen molar-refractivity contribution in [3.05, 3.63) is 29.8 Å². The minimum Gasteiger partial charge on any atom is -0.382 e. The Labute approximate surface area is 104 Å². The SMILES string of the molecule is CCCc1ccccc1NC(C)C1CCOC1. The van der Waals surface area contributed by atoms with Crippen LogP contribution >= 0.6 is 0 Å². The summed E-state index contributed by atoms with van der Waals surface area (Å²) < 4.78 is 5.45. The fourth-order valence-electron chi connectivity index (χ4n) is 2.46. The Kier molecular flexibility index (Phi) is 4.43. The molecule has 1 N–H and O–H groups in total. The molecule has 0 radical (unpaired) electrons. The molecule has 17 heavy (non-hydrogen) atoms. The van der Waals surface area contributed by atoms with Gasteiger partial charge in [0.05, 0.1) is 6.61 Å². The monoisotopic (exact) mass is 233 g/mol. The van der Waals surface area contributed by atoms with Gasteiger partial charge in [0.25, 0.3) is 0 Å². The second-order valence-electron chi connectivity index (χ2n) is 4.96. The third-order valence-corrected chi connectivity index (χ3v) is 3.59. The number of hydrogen-bond donors (Lipinski definition) is 1. The van der Waals surface area contributed by atoms with Gasteiger partial charge in [-0.25, -0.2) is 0 Å². The van der Waals surface area contributed by atoms with Crippen LogP contribution in [0.5, 0.6) is 0 Å². The number of hydrogen-bond acceptors (Lipinski definition) is 2. The van der Waals surface area contributed by atoms with Gasteiger partial charge in [0.15, 0.2) is 0 Å². The van der Waals surface area contributed by atoms with Crippen molar-refractivity contribution < 1.29 is 4.74 Å². The van der Waals surface area contributed by atoms with E-state index in [2.05, 4.69) is 43.4 Å². The van der Waals surface area contributed by atoms with Crippen LogP contribution in [0, 0.1) is 5.92 Å². The van der Waals surface area contributed by atoms with Crippen LogP contribution in [-0.4, -0.2) is 19.3 Å². The van der Waals surface area contributed by atoms with Crippen LogP contribution in [0.3, 0.4) is 0 Å². The van der Waals surface area contributed by atoms with E-state index in [0.717, 1.165) is 19.6 Å². The van der Waals surface area contributed by atoms with Crippen LogP contribution in [-0.2, 0) is 11.2 Å². The molecular weight excluding hydrogens is 210 g/mol. The number of rotatable bonds is 5. The smallest absolute Gasteiger partial charge is 0.0514 e. The molecular formula is C15H23NO. The third kappa shape index (κ3) is 3.22. The summed E-state index contributed by atoms with van der Waals surface area (Å²) in [5.41, 5.74) is 2.73. The fraction of sp³-hybridized carbons (Fsp3) is 0.600. The third-order valence-electron chi connectivity index (χ3n) is 3.59. The fourth-order valence-corrected chi connectivity index (χ4v) is 2.46. The Bertz CT molecular complexity index is 345. The molecule has 2 rings (SSSR count). The molecule has 94 valence electrons. The molecule has 0 saturated carbocycles. The summed E-state index contributed by atoms with van der Waals surface area (Å²) >= 11 is 0. The van der Waals surface area contributed by atoms with Crippen molar-refractivity contribution in [1.82, 2.24) is 0 Å². The van der Waals surface area contributed by atoms with Gasteiger partial charge in [-0.1, -0.05) is 31.5 Å². The first-order chi connectivity index (χ1) is 8.31. The summed E-state index contributed by atoms with van der Waals surface area (Å²) in [7, 11) is 0. The van der Waals surface area contributed by atoms with Gasteiger partial charge in [-0.05, 0) is 31.4 Å². The zero-order chi connectivity index (χ0) is 12.1. The van der Waals surface area contributed by atoms with Crippen molar-refractivity contribution in [2.45, 2.75) is 39.2 Å². The van der Waals surface area contributed by atoms with E-state index in [1.165, 1.54) is 24.1 Å². The maximum absolute atomic E-state index is 5.45. The Morgan fingerprint density at radius 3 is 2.94 bits per heavy atom. The lowest BCUT2D eigenvalue weighted by atomic mass is 9.99. The highest BCUT2D eigenvalue weighted by Crippen LogP contribution is 2.23. The molecule has 0 bridgehead atoms. The van der Waals surface area contributed by atoms with Crippen LogP contribution < -0.4 is 5.32 Å². The Hall–Kier alpha value is -1.02. The second-order valence-corrected chi connectivity index (χ2v) is 4.96. The van der Waals surface area contributed by atoms with E-state index in [-0.39, 0.29) is 0 Å². The summed E-state index contributed by atoms with van der Waals surface area (Å²) in [6.45, 7) is 6.32. The number of ether oxygens (including phenoxy) is 1. The molecule has 1 aromatic rings. The predicted octanol–water partition coefficient (Wildman–Crippen LogP) is 3.48. The first kappa shape index (κ1) is 12.4. The topological polar surface area (TPSA) is 21.3 Å². The molecule has 1 fully saturated rings. The Morgan fingerprint density at radius 2 is 2.24 bits per heavy atom. The molecule has 0 aliphatic carbocycles. The first-order valence-electron chi connectivity index (χ1n) is 6.73. The summed E-state index contributed by atoms with van der Waals surface area (Å²) in [5.74, 6) is 0.657. The molecule has 1 saturated heterocycles. The second kappa shape index (κ2) is 6.06. The highest BCUT2D eigenvalue weighted by Gasteiger charge is 2.22. The van der Waals surface area contributed by atoms with Crippen molar-refractivity contribution in [3.8, 4) is 0 Å². The number of benzene rings is 1. The lowest BCUT2D eigenvalue weighted by molar-refractivity contribution is 0.183. The van der Waals surface area contributed by atoms with Crippen LogP contribution in [0.25, 0.3) is 0 Å². The van der Waals surface area contributed by atoms with Gasteiger partial charge in [-0.3, -0.25) is 0 Å². The highest BCUT2D eigenvalue weighted by molar-refractivity contribution is 5.51. The Morgan fingerprint density at radius 1 is 1.41 bits per heavy atom. The highest BCUT2D eigenvalue weighted by atomic mass is 16.5. The molecule has 2 unspecified atom stereocenters. The van der Waals surface area contributed by atoms with Crippen LogP contribution in [0.2, 0.25) is 0 Å². The summed E-state index contributed by atoms with van der Waals surface area (Å²) in [6.07, 6.45) is 3.53. The molecule has 1 heterocycles. The van der Waals surface area contributed by atoms with Gasteiger partial charge in [0, 0.05) is 24.3 Å². The number of aryl methyl sites for hydroxylation is 1. The largest absolute Gasteiger partial charge is 0.382 e. The average Bonchev–Trinajstić information content (AvgIpc) is 2.85. The predicted molar refractivity (Wildman–Crippen MR) is 72.4 cm³/mol. The molecule has 0 spiro atoms. The average molecular weight is 233 g/mol. The Balaban J connectivity index is 2.01. The van der Waals surface area contributed by atoms with Crippen molar-refractivity contribution in [3.63, 3.8) is 0 Å². The maximum atomic E-state index is 5.45. The van der Waals surface area contributed by atoms with Gasteiger partial charge in [0.1, 0.15) is 0 Å². The summed E-state index contributed by atoms with van der Waals surface area (Å²) in [6, 6.07) is 9.15. The molecule has 2 nitrogen and oxygen atoms in total. The first-order valence-corrected chi connectivity index (χ1v) is 6.73. The van der Waals surface area contributed by atoms with Crippen molar-refractivity contribution in [2.75, 3.05) is 18.5 Å². The quantitative estimate of drug-likeness (QED) is 0.840. The van der Waals surface area contributed by atoms with Crippen molar-refractivity contribution in [2.24, 2.45) is 5.92 Å². The zero-order valence-electron chi connectivity index (χ0n) is 10.9. The minimum atomic E-state index is 0.496. The van der Waals surface area contributed by atoms with Gasteiger partial charge in [0.2, 0.25) is 0 Å². The summed E-state index contributed by atoms with van der Waals surface area (Å²) in [5, 5.41) is 3.66. The van der Waals surface area contributed by atoms with Crippen LogP contribution in [0.15, 0.2) is 24.3 Å². The van der Waals surface area contributed by atoms with Crippen LogP contribution in [0.1, 0.15) is 32.3 Å². The van der Waals surface area contributed by atoms with E-state index in [4.69, 9.17) is 4.74 Å². The molecule has 1 aliphatic rings. The minimum absolute atomic E-state index is 0.496. The van der Waals surface area contributed by atoms with E-state index in [0.29, 0.717) is 12.0 Å². The molecule has 1 aliphatic heterocycles. The number of para-hydroxylation sites is 1. The number of nitrogens with one attached hydrogen (secondary N) is 1. The molecule has 2 atom stereocenters. The van der Waals surface area contributed by atoms with E-state index in [1.54, 1.807) is 0 Å². The van der Waals surface area contributed by atoms with E-state index in [9.17, 15) is 0 Å². The lowest BCUT2D eigenvalue weighted by Gasteiger charge is -2.22. The van der Waals surface area contributed by atoms with Crippen molar-refractivity contribution >= 4 is 5.69 Å². The normalized spacial score (nSPS) is 21.4. The molecule has 0 aromatic heterocycles. The molecule has 1 aromatic carbocycles. The standard InChI is InChI=1S/C15H23NO/c1-3-6-13-7-4-5-8-15(13)16-12(2)14-9-10-17-11-14/h4-5,7-8,12,14,16H,3,6,9-11H2,1-2H3. The summed E-state index contributed by atoms with van der Waals surface area (Å²) in [4.78, 5) is 0. The van der Waals surface area contributed by atoms with E-state index in [1.807, 2.05) is 0 Å².